The van der Waals surface area contributed by atoms with Crippen LogP contribution in [0.1, 0.15) is 52.9 Å². The van der Waals surface area contributed by atoms with Crippen molar-refractivity contribution in [3.63, 3.8) is 0 Å². The van der Waals surface area contributed by atoms with Gasteiger partial charge >= 0.3 is 6.03 Å². The third-order valence-electron chi connectivity index (χ3n) is 4.53. The van der Waals surface area contributed by atoms with E-state index in [1.54, 1.807) is 6.92 Å². The van der Waals surface area contributed by atoms with Gasteiger partial charge in [0.1, 0.15) is 18.1 Å². The number of hydrogen-bond donors (Lipinski definition) is 9. The number of aliphatic hydroxyl groups is 2. The Kier molecular flexibility index (Phi) is 15.4. The molecule has 15 nitrogen and oxygen atoms in total. The second-order valence-corrected chi connectivity index (χ2v) is 7.73. The van der Waals surface area contributed by atoms with Crippen LogP contribution in [0.15, 0.2) is 0 Å². The van der Waals surface area contributed by atoms with E-state index >= 15 is 0 Å². The Labute approximate surface area is 203 Å². The summed E-state index contributed by atoms with van der Waals surface area (Å²) in [5.41, 5.74) is 9.06. The van der Waals surface area contributed by atoms with E-state index in [4.69, 9.17) is 5.73 Å². The number of nitrogens with one attached hydrogen (secondary N) is 6. The number of hydrazine groups is 1. The topological polar surface area (TPSA) is 241 Å². The maximum Gasteiger partial charge on any atom is 0.316 e. The summed E-state index contributed by atoms with van der Waals surface area (Å²) in [5.74, 6) is -4.09. The highest BCUT2D eigenvalue weighted by atomic mass is 16.3. The number of primary amides is 1. The number of urea groups is 1. The molecule has 0 bridgehead atoms. The monoisotopic (exact) mass is 503 g/mol. The summed E-state index contributed by atoms with van der Waals surface area (Å²) in [4.78, 5) is 72.1. The molecule has 35 heavy (non-hydrogen) atoms. The largest absolute Gasteiger partial charge is 0.394 e. The maximum atomic E-state index is 12.4. The Bertz CT molecular complexity index is 747. The second-order valence-electron chi connectivity index (χ2n) is 7.73. The van der Waals surface area contributed by atoms with Crippen molar-refractivity contribution in [3.8, 4) is 0 Å². The molecule has 0 rings (SSSR count). The molecule has 15 heteroatoms. The molecule has 0 aromatic rings. The first-order chi connectivity index (χ1) is 16.5. The minimum atomic E-state index is -1.56. The van der Waals surface area contributed by atoms with Crippen LogP contribution in [0, 0.1) is 0 Å². The van der Waals surface area contributed by atoms with Crippen LogP contribution in [0.25, 0.3) is 0 Å². The highest BCUT2D eigenvalue weighted by molar-refractivity contribution is 5.94. The number of carbonyl (C=O) groups excluding carboxylic acids is 6. The smallest absolute Gasteiger partial charge is 0.316 e. The molecule has 0 radical (unpaired) electrons. The quantitative estimate of drug-likeness (QED) is 0.0804. The molecule has 10 N–H and O–H groups in total. The van der Waals surface area contributed by atoms with Crippen LogP contribution in [0.3, 0.4) is 0 Å². The Hall–Kier alpha value is -3.46. The molecule has 0 aliphatic rings. The SMILES string of the molecule is CCCCNC(=O)[C@@H](NC(=O)N[C@@H](CC(N)=O)C(=O)NNC(=O)[C@H](CO)NC(=O)CCC)C(C)O. The first-order valence-electron chi connectivity index (χ1n) is 11.3. The van der Waals surface area contributed by atoms with E-state index in [2.05, 4.69) is 21.3 Å². The first kappa shape index (κ1) is 31.5. The Balaban J connectivity index is 5.09. The van der Waals surface area contributed by atoms with Gasteiger partial charge in [-0.1, -0.05) is 20.3 Å². The van der Waals surface area contributed by atoms with Crippen LogP contribution < -0.4 is 37.9 Å². The van der Waals surface area contributed by atoms with E-state index in [0.717, 1.165) is 6.42 Å². The fourth-order valence-electron chi connectivity index (χ4n) is 2.64. The standard InChI is InChI=1S/C20H37N7O8/c1-4-6-8-22-19(34)16(11(3)29)25-20(35)24-12(9-14(21)30)17(32)26-27-18(33)13(10-28)23-15(31)7-5-2/h11-13,16,28-29H,4-10H2,1-3H3,(H2,21,30)(H,22,34)(H,23,31)(H,26,32)(H,27,33)(H2,24,25,35)/t11?,12-,13-,16-/m0/s1. The van der Waals surface area contributed by atoms with Crippen molar-refractivity contribution < 1.29 is 39.0 Å². The Morgan fingerprint density at radius 1 is 0.857 bits per heavy atom. The van der Waals surface area contributed by atoms with Gasteiger partial charge in [0.25, 0.3) is 11.8 Å². The zero-order valence-electron chi connectivity index (χ0n) is 20.2. The van der Waals surface area contributed by atoms with E-state index in [0.29, 0.717) is 19.4 Å². The number of aliphatic hydroxyl groups excluding tert-OH is 2. The number of carbonyl (C=O) groups is 6. The maximum absolute atomic E-state index is 12.4. The summed E-state index contributed by atoms with van der Waals surface area (Å²) >= 11 is 0. The van der Waals surface area contributed by atoms with Gasteiger partial charge in [-0.3, -0.25) is 34.8 Å². The summed E-state index contributed by atoms with van der Waals surface area (Å²) in [6.45, 7) is 4.54. The van der Waals surface area contributed by atoms with Crippen molar-refractivity contribution in [2.24, 2.45) is 5.73 Å². The van der Waals surface area contributed by atoms with Gasteiger partial charge in [-0.2, -0.15) is 0 Å². The third kappa shape index (κ3) is 13.1. The molecule has 200 valence electrons. The average molecular weight is 504 g/mol. The third-order valence-corrected chi connectivity index (χ3v) is 4.53. The predicted octanol–water partition coefficient (Wildman–Crippen LogP) is -3.38. The zero-order valence-corrected chi connectivity index (χ0v) is 20.2. The molecule has 1 unspecified atom stereocenters. The molecule has 0 saturated carbocycles. The van der Waals surface area contributed by atoms with Crippen molar-refractivity contribution in [2.75, 3.05) is 13.2 Å². The average Bonchev–Trinajstić information content (AvgIpc) is 2.78. The molecule has 0 aromatic carbocycles. The molecular formula is C20H37N7O8. The predicted molar refractivity (Wildman–Crippen MR) is 123 cm³/mol. The highest BCUT2D eigenvalue weighted by Gasteiger charge is 2.29. The number of amides is 7. The van der Waals surface area contributed by atoms with Gasteiger partial charge in [0.15, 0.2) is 0 Å². The second kappa shape index (κ2) is 17.0. The fourth-order valence-corrected chi connectivity index (χ4v) is 2.64. The normalized spacial score (nSPS) is 13.9. The van der Waals surface area contributed by atoms with Crippen molar-refractivity contribution >= 4 is 35.6 Å². The number of hydrogen-bond acceptors (Lipinski definition) is 8. The van der Waals surface area contributed by atoms with Crippen molar-refractivity contribution in [3.05, 3.63) is 0 Å². The number of rotatable bonds is 15. The summed E-state index contributed by atoms with van der Waals surface area (Å²) in [7, 11) is 0. The van der Waals surface area contributed by atoms with Gasteiger partial charge in [0.2, 0.25) is 17.7 Å². The summed E-state index contributed by atoms with van der Waals surface area (Å²) in [5, 5.41) is 28.3. The van der Waals surface area contributed by atoms with Crippen LogP contribution in [-0.4, -0.2) is 83.2 Å². The zero-order chi connectivity index (χ0) is 27.0. The van der Waals surface area contributed by atoms with Crippen LogP contribution in [0.2, 0.25) is 0 Å². The van der Waals surface area contributed by atoms with E-state index in [1.165, 1.54) is 6.92 Å². The van der Waals surface area contributed by atoms with E-state index in [9.17, 15) is 39.0 Å². The lowest BCUT2D eigenvalue weighted by atomic mass is 10.1. The van der Waals surface area contributed by atoms with Gasteiger partial charge < -0.3 is 37.2 Å². The van der Waals surface area contributed by atoms with Crippen molar-refractivity contribution in [1.82, 2.24) is 32.1 Å². The van der Waals surface area contributed by atoms with Gasteiger partial charge in [-0.05, 0) is 19.8 Å². The van der Waals surface area contributed by atoms with Gasteiger partial charge in [-0.25, -0.2) is 4.79 Å². The molecule has 0 saturated heterocycles. The van der Waals surface area contributed by atoms with Crippen molar-refractivity contribution in [1.29, 1.82) is 0 Å². The first-order valence-corrected chi connectivity index (χ1v) is 11.3. The van der Waals surface area contributed by atoms with Crippen molar-refractivity contribution in [2.45, 2.75) is 77.1 Å². The highest BCUT2D eigenvalue weighted by Crippen LogP contribution is 1.97. The molecular weight excluding hydrogens is 466 g/mol. The van der Waals surface area contributed by atoms with Crippen LogP contribution >= 0.6 is 0 Å². The molecule has 0 aliphatic carbocycles. The minimum Gasteiger partial charge on any atom is -0.394 e. The Morgan fingerprint density at radius 2 is 1.46 bits per heavy atom. The van der Waals surface area contributed by atoms with E-state index < -0.39 is 72.8 Å². The van der Waals surface area contributed by atoms with E-state index in [-0.39, 0.29) is 6.42 Å². The lowest BCUT2D eigenvalue weighted by Gasteiger charge is -2.23. The molecule has 0 fully saturated rings. The van der Waals surface area contributed by atoms with Gasteiger partial charge in [-0.15, -0.1) is 0 Å². The van der Waals surface area contributed by atoms with Crippen LogP contribution in [-0.2, 0) is 24.0 Å². The Morgan fingerprint density at radius 3 is 1.94 bits per heavy atom. The lowest BCUT2D eigenvalue weighted by molar-refractivity contribution is -0.134. The summed E-state index contributed by atoms with van der Waals surface area (Å²) in [6, 6.07) is -5.32. The number of unbranched alkanes of at least 4 members (excludes halogenated alkanes) is 1. The number of nitrogens with two attached hydrogens (primary N) is 1. The fraction of sp³-hybridized carbons (Fsp3) is 0.700. The molecule has 0 aliphatic heterocycles. The molecule has 0 aromatic heterocycles. The van der Waals surface area contributed by atoms with Gasteiger partial charge in [0, 0.05) is 13.0 Å². The lowest BCUT2D eigenvalue weighted by Crippen LogP contribution is -2.60. The summed E-state index contributed by atoms with van der Waals surface area (Å²) in [6.07, 6.45) is 0.215. The molecule has 4 atom stereocenters. The van der Waals surface area contributed by atoms with Crippen LogP contribution in [0.4, 0.5) is 4.79 Å². The van der Waals surface area contributed by atoms with Gasteiger partial charge in [0.05, 0.1) is 19.1 Å². The molecule has 0 spiro atoms. The molecule has 0 heterocycles. The van der Waals surface area contributed by atoms with Crippen LogP contribution in [0.5, 0.6) is 0 Å². The molecule has 7 amide bonds. The summed E-state index contributed by atoms with van der Waals surface area (Å²) < 4.78 is 0. The minimum absolute atomic E-state index is 0.125. The van der Waals surface area contributed by atoms with E-state index in [1.807, 2.05) is 17.8 Å².